The monoisotopic (exact) mass is 318 g/mol. The molecule has 1 aromatic carbocycles. The van der Waals surface area contributed by atoms with Crippen molar-refractivity contribution in [3.8, 4) is 0 Å². The van der Waals surface area contributed by atoms with Gasteiger partial charge < -0.3 is 9.47 Å². The van der Waals surface area contributed by atoms with Gasteiger partial charge in [0.2, 0.25) is 0 Å². The van der Waals surface area contributed by atoms with Crippen molar-refractivity contribution in [2.45, 2.75) is 26.4 Å². The highest BCUT2D eigenvalue weighted by Crippen LogP contribution is 2.43. The van der Waals surface area contributed by atoms with E-state index in [1.54, 1.807) is 6.07 Å². The van der Waals surface area contributed by atoms with Crippen LogP contribution in [0.1, 0.15) is 19.4 Å². The first-order chi connectivity index (χ1) is 10.3. The highest BCUT2D eigenvalue weighted by Gasteiger charge is 2.68. The van der Waals surface area contributed by atoms with Crippen molar-refractivity contribution < 1.29 is 32.2 Å². The van der Waals surface area contributed by atoms with Gasteiger partial charge in [0.1, 0.15) is 0 Å². The molecule has 1 rings (SSSR count). The van der Waals surface area contributed by atoms with Crippen LogP contribution in [0.3, 0.4) is 0 Å². The Hall–Kier alpha value is -2.05. The Bertz CT molecular complexity index is 493. The number of esters is 2. The van der Waals surface area contributed by atoms with Crippen LogP contribution in [-0.2, 0) is 25.5 Å². The Balaban J connectivity index is 3.37. The van der Waals surface area contributed by atoms with Crippen molar-refractivity contribution in [2.24, 2.45) is 5.41 Å². The van der Waals surface area contributed by atoms with E-state index < -0.39 is 30.0 Å². The Morgan fingerprint density at radius 2 is 1.41 bits per heavy atom. The number of rotatable bonds is 6. The van der Waals surface area contributed by atoms with Gasteiger partial charge >= 0.3 is 18.1 Å². The molecule has 0 radical (unpaired) electrons. The topological polar surface area (TPSA) is 52.6 Å². The molecule has 0 atom stereocenters. The molecule has 1 aromatic rings. The highest BCUT2D eigenvalue weighted by atomic mass is 19.4. The van der Waals surface area contributed by atoms with E-state index in [2.05, 4.69) is 9.47 Å². The lowest BCUT2D eigenvalue weighted by Crippen LogP contribution is -2.54. The molecule has 0 spiro atoms. The fourth-order valence-corrected chi connectivity index (χ4v) is 1.97. The third-order valence-corrected chi connectivity index (χ3v) is 3.04. The first kappa shape index (κ1) is 18.0. The number of carbonyl (C=O) groups is 2. The maximum atomic E-state index is 13.6. The van der Waals surface area contributed by atoms with E-state index in [0.717, 1.165) is 0 Å². The molecule has 0 bridgehead atoms. The number of halogens is 3. The van der Waals surface area contributed by atoms with Gasteiger partial charge in [0.15, 0.2) is 0 Å². The van der Waals surface area contributed by atoms with Gasteiger partial charge in [-0.3, -0.25) is 9.59 Å². The van der Waals surface area contributed by atoms with Gasteiger partial charge in [-0.05, 0) is 19.4 Å². The van der Waals surface area contributed by atoms with Gasteiger partial charge in [-0.1, -0.05) is 30.3 Å². The predicted octanol–water partition coefficient (Wildman–Crippen LogP) is 2.90. The fraction of sp³-hybridized carbons (Fsp3) is 0.467. The Morgan fingerprint density at radius 3 is 1.77 bits per heavy atom. The normalized spacial score (nSPS) is 11.9. The Kier molecular flexibility index (Phi) is 5.96. The largest absolute Gasteiger partial charge is 0.465 e. The molecule has 0 unspecified atom stereocenters. The summed E-state index contributed by atoms with van der Waals surface area (Å²) >= 11 is 0. The molecular weight excluding hydrogens is 301 g/mol. The summed E-state index contributed by atoms with van der Waals surface area (Å²) in [6, 6.07) is 7.46. The predicted molar refractivity (Wildman–Crippen MR) is 71.9 cm³/mol. The molecule has 0 saturated heterocycles. The molecule has 0 aliphatic heterocycles. The first-order valence-corrected chi connectivity index (χ1v) is 6.74. The molecule has 4 nitrogen and oxygen atoms in total. The molecule has 122 valence electrons. The lowest BCUT2D eigenvalue weighted by Gasteiger charge is -2.31. The first-order valence-electron chi connectivity index (χ1n) is 6.74. The lowest BCUT2D eigenvalue weighted by molar-refractivity contribution is -0.240. The highest BCUT2D eigenvalue weighted by molar-refractivity contribution is 6.01. The summed E-state index contributed by atoms with van der Waals surface area (Å²) < 4.78 is 49.8. The van der Waals surface area contributed by atoms with E-state index in [9.17, 15) is 22.8 Å². The molecule has 7 heteroatoms. The third-order valence-electron chi connectivity index (χ3n) is 3.04. The maximum Gasteiger partial charge on any atom is 0.415 e. The molecule has 0 amide bonds. The molecule has 0 aliphatic rings. The standard InChI is InChI=1S/C15H17F3O4/c1-3-21-12(19)14(15(16,17)18,13(20)22-4-2)10-11-8-6-5-7-9-11/h5-9H,3-4,10H2,1-2H3. The second-order valence-corrected chi connectivity index (χ2v) is 4.51. The number of alkyl halides is 3. The van der Waals surface area contributed by atoms with E-state index in [0.29, 0.717) is 0 Å². The van der Waals surface area contributed by atoms with E-state index in [1.165, 1.54) is 38.1 Å². The smallest absolute Gasteiger partial charge is 0.415 e. The summed E-state index contributed by atoms with van der Waals surface area (Å²) in [7, 11) is 0. The molecular formula is C15H17F3O4. The Labute approximate surface area is 126 Å². The molecule has 0 aromatic heterocycles. The second-order valence-electron chi connectivity index (χ2n) is 4.51. The average Bonchev–Trinajstić information content (AvgIpc) is 2.44. The van der Waals surface area contributed by atoms with Crippen molar-refractivity contribution in [1.82, 2.24) is 0 Å². The van der Waals surface area contributed by atoms with Crippen LogP contribution in [0.4, 0.5) is 13.2 Å². The van der Waals surface area contributed by atoms with Crippen LogP contribution >= 0.6 is 0 Å². The fourth-order valence-electron chi connectivity index (χ4n) is 1.97. The van der Waals surface area contributed by atoms with Crippen LogP contribution in [0.5, 0.6) is 0 Å². The van der Waals surface area contributed by atoms with Crippen molar-refractivity contribution in [1.29, 1.82) is 0 Å². The lowest BCUT2D eigenvalue weighted by atomic mass is 9.80. The van der Waals surface area contributed by atoms with Crippen LogP contribution in [0.2, 0.25) is 0 Å². The van der Waals surface area contributed by atoms with Gasteiger partial charge in [0, 0.05) is 6.42 Å². The number of hydrogen-bond acceptors (Lipinski definition) is 4. The van der Waals surface area contributed by atoms with Gasteiger partial charge in [-0.2, -0.15) is 13.2 Å². The van der Waals surface area contributed by atoms with Crippen LogP contribution < -0.4 is 0 Å². The number of carbonyl (C=O) groups excluding carboxylic acids is 2. The minimum Gasteiger partial charge on any atom is -0.465 e. The van der Waals surface area contributed by atoms with E-state index >= 15 is 0 Å². The van der Waals surface area contributed by atoms with Gasteiger partial charge in [-0.25, -0.2) is 0 Å². The zero-order valence-corrected chi connectivity index (χ0v) is 12.3. The number of ether oxygens (including phenoxy) is 2. The molecule has 0 saturated carbocycles. The summed E-state index contributed by atoms with van der Waals surface area (Å²) in [6.45, 7) is 2.19. The molecule has 0 N–H and O–H groups in total. The summed E-state index contributed by atoms with van der Waals surface area (Å²) in [4.78, 5) is 24.0. The van der Waals surface area contributed by atoms with Crippen molar-refractivity contribution >= 4 is 11.9 Å². The molecule has 0 heterocycles. The van der Waals surface area contributed by atoms with Crippen LogP contribution in [0, 0.1) is 5.41 Å². The van der Waals surface area contributed by atoms with Crippen molar-refractivity contribution in [2.75, 3.05) is 13.2 Å². The maximum absolute atomic E-state index is 13.6. The van der Waals surface area contributed by atoms with E-state index in [-0.39, 0.29) is 18.8 Å². The quantitative estimate of drug-likeness (QED) is 0.598. The average molecular weight is 318 g/mol. The minimum absolute atomic E-state index is 0.181. The van der Waals surface area contributed by atoms with Gasteiger partial charge in [0.05, 0.1) is 13.2 Å². The van der Waals surface area contributed by atoms with Crippen molar-refractivity contribution in [3.63, 3.8) is 0 Å². The zero-order chi connectivity index (χ0) is 16.8. The summed E-state index contributed by atoms with van der Waals surface area (Å²) in [5, 5.41) is 0. The van der Waals surface area contributed by atoms with Gasteiger partial charge in [0.25, 0.3) is 5.41 Å². The van der Waals surface area contributed by atoms with Crippen LogP contribution in [0.15, 0.2) is 30.3 Å². The second kappa shape index (κ2) is 7.29. The third kappa shape index (κ3) is 3.58. The molecule has 0 aliphatic carbocycles. The van der Waals surface area contributed by atoms with E-state index in [1.807, 2.05) is 0 Å². The number of benzene rings is 1. The van der Waals surface area contributed by atoms with Gasteiger partial charge in [-0.15, -0.1) is 0 Å². The molecule has 22 heavy (non-hydrogen) atoms. The van der Waals surface area contributed by atoms with E-state index in [4.69, 9.17) is 0 Å². The summed E-state index contributed by atoms with van der Waals surface area (Å²) in [5.74, 6) is -3.30. The SMILES string of the molecule is CCOC(=O)C(Cc1ccccc1)(C(=O)OCC)C(F)(F)F. The molecule has 0 fully saturated rings. The zero-order valence-electron chi connectivity index (χ0n) is 12.3. The minimum atomic E-state index is -5.14. The van der Waals surface area contributed by atoms with Crippen molar-refractivity contribution in [3.05, 3.63) is 35.9 Å². The number of hydrogen-bond donors (Lipinski definition) is 0. The summed E-state index contributed by atoms with van der Waals surface area (Å²) in [5.41, 5.74) is -3.18. The van der Waals surface area contributed by atoms with Crippen LogP contribution in [-0.4, -0.2) is 31.3 Å². The Morgan fingerprint density at radius 1 is 0.955 bits per heavy atom. The summed E-state index contributed by atoms with van der Waals surface area (Å²) in [6.07, 6.45) is -6.00. The van der Waals surface area contributed by atoms with Crippen LogP contribution in [0.25, 0.3) is 0 Å².